The molecule has 0 spiro atoms. The zero-order chi connectivity index (χ0) is 32.5. The highest BCUT2D eigenvalue weighted by Crippen LogP contribution is 2.70. The lowest BCUT2D eigenvalue weighted by molar-refractivity contribution is -0.157. The second kappa shape index (κ2) is 12.4. The Hall–Kier alpha value is -4.98. The van der Waals surface area contributed by atoms with Crippen molar-refractivity contribution >= 4 is 5.97 Å². The second-order valence-corrected chi connectivity index (χ2v) is 12.1. The van der Waals surface area contributed by atoms with Gasteiger partial charge in [0, 0.05) is 24.1 Å². The molecular formula is C36H35N3O7. The average molecular weight is 622 g/mol. The van der Waals surface area contributed by atoms with Gasteiger partial charge in [-0.3, -0.25) is 19.1 Å². The number of hydrogen-bond donors (Lipinski definition) is 1. The Morgan fingerprint density at radius 1 is 0.957 bits per heavy atom. The second-order valence-electron chi connectivity index (χ2n) is 12.1. The van der Waals surface area contributed by atoms with Gasteiger partial charge in [-0.05, 0) is 34.7 Å². The van der Waals surface area contributed by atoms with E-state index >= 15 is 0 Å². The number of ether oxygens (including phenoxy) is 4. The van der Waals surface area contributed by atoms with E-state index in [1.54, 1.807) is 7.11 Å². The maximum atomic E-state index is 13.6. The van der Waals surface area contributed by atoms with Gasteiger partial charge >= 0.3 is 11.7 Å². The Morgan fingerprint density at radius 3 is 2.11 bits per heavy atom. The number of rotatable bonds is 11. The van der Waals surface area contributed by atoms with Crippen molar-refractivity contribution in [1.82, 2.24) is 9.55 Å². The zero-order valence-electron chi connectivity index (χ0n) is 25.8. The van der Waals surface area contributed by atoms with Crippen LogP contribution in [0.25, 0.3) is 0 Å². The lowest BCUT2D eigenvalue weighted by Gasteiger charge is -2.37. The van der Waals surface area contributed by atoms with Crippen LogP contribution in [0.1, 0.15) is 36.8 Å². The molecule has 0 amide bonds. The van der Waals surface area contributed by atoms with Crippen molar-refractivity contribution in [1.29, 1.82) is 5.26 Å². The molecule has 0 bridgehead atoms. The van der Waals surface area contributed by atoms with E-state index in [4.69, 9.17) is 18.9 Å². The number of nitrogens with one attached hydrogen (secondary N) is 1. The summed E-state index contributed by atoms with van der Waals surface area (Å²) in [6.07, 6.45) is -0.454. The van der Waals surface area contributed by atoms with E-state index in [1.807, 2.05) is 98.8 Å². The largest absolute Gasteiger partial charge is 0.497 e. The monoisotopic (exact) mass is 621 g/mol. The molecule has 1 N–H and O–H groups in total. The van der Waals surface area contributed by atoms with Crippen LogP contribution in [0.15, 0.2) is 107 Å². The van der Waals surface area contributed by atoms with Gasteiger partial charge in [0.05, 0.1) is 32.5 Å². The fourth-order valence-electron chi connectivity index (χ4n) is 6.68. The van der Waals surface area contributed by atoms with Crippen LogP contribution in [0, 0.1) is 34.5 Å². The average Bonchev–Trinajstić information content (AvgIpc) is 3.62. The van der Waals surface area contributed by atoms with Gasteiger partial charge in [-0.2, -0.15) is 5.26 Å². The van der Waals surface area contributed by atoms with Gasteiger partial charge in [0.1, 0.15) is 17.6 Å². The number of nitriles is 1. The number of carbonyl (C=O) groups is 1. The topological polar surface area (TPSA) is 133 Å². The lowest BCUT2D eigenvalue weighted by Crippen LogP contribution is -2.40. The first kappa shape index (κ1) is 31.0. The number of aromatic amines is 1. The van der Waals surface area contributed by atoms with Gasteiger partial charge in [0.25, 0.3) is 5.56 Å². The van der Waals surface area contributed by atoms with Crippen molar-refractivity contribution in [3.05, 3.63) is 135 Å². The van der Waals surface area contributed by atoms with Gasteiger partial charge in [0.2, 0.25) is 0 Å². The maximum absolute atomic E-state index is 13.6. The van der Waals surface area contributed by atoms with Crippen molar-refractivity contribution in [3.8, 4) is 11.8 Å². The van der Waals surface area contributed by atoms with Crippen LogP contribution in [0.5, 0.6) is 5.75 Å². The van der Waals surface area contributed by atoms with E-state index in [0.29, 0.717) is 5.75 Å². The summed E-state index contributed by atoms with van der Waals surface area (Å²) in [7, 11) is 1.61. The first-order valence-electron chi connectivity index (χ1n) is 15.2. The van der Waals surface area contributed by atoms with Crippen LogP contribution in [0.3, 0.4) is 0 Å². The molecule has 46 heavy (non-hydrogen) atoms. The SMILES string of the molecule is COc1ccc(C(OC[C@H]2O[C@@H](n3ccc(=O)[nH]c3=O)[C@H]3[C@@H]2C3(C#N)C(=O)OCC(C)C)(c2ccccc2)c2ccccc2)cc1. The van der Waals surface area contributed by atoms with Crippen molar-refractivity contribution in [3.63, 3.8) is 0 Å². The molecule has 236 valence electrons. The van der Waals surface area contributed by atoms with E-state index in [-0.39, 0.29) is 19.1 Å². The number of H-pyrrole nitrogens is 1. The molecule has 2 aliphatic rings. The van der Waals surface area contributed by atoms with E-state index in [9.17, 15) is 19.6 Å². The summed E-state index contributed by atoms with van der Waals surface area (Å²) in [6, 6.07) is 30.6. The maximum Gasteiger partial charge on any atom is 0.330 e. The fraction of sp³-hybridized carbons (Fsp3) is 0.333. The molecule has 3 aromatic carbocycles. The molecule has 1 unspecified atom stereocenters. The quantitative estimate of drug-likeness (QED) is 0.193. The molecule has 1 aliphatic carbocycles. The standard InChI is InChI=1S/C36H35N3O7/c1-23(2)20-44-33(41)35(22-37)30-28(46-32(31(30)35)39-19-18-29(40)38-34(39)42)21-45-36(24-10-6-4-7-11-24,25-12-8-5-9-13-25)26-14-16-27(43-3)17-15-26/h4-19,23,28,30-32H,20-21H2,1-3H3,(H,38,40,42)/t28-,30-,31-,32-,35?/m1/s1. The van der Waals surface area contributed by atoms with Crippen LogP contribution in [0.4, 0.5) is 0 Å². The van der Waals surface area contributed by atoms with Gasteiger partial charge < -0.3 is 18.9 Å². The molecule has 2 heterocycles. The number of methoxy groups -OCH3 is 1. The van der Waals surface area contributed by atoms with Crippen LogP contribution in [-0.4, -0.2) is 41.9 Å². The molecule has 1 saturated heterocycles. The van der Waals surface area contributed by atoms with E-state index in [0.717, 1.165) is 16.7 Å². The third-order valence-corrected chi connectivity index (χ3v) is 8.87. The van der Waals surface area contributed by atoms with Gasteiger partial charge in [-0.1, -0.05) is 86.6 Å². The number of esters is 1. The van der Waals surface area contributed by atoms with Crippen molar-refractivity contribution in [2.24, 2.45) is 23.2 Å². The number of aromatic nitrogens is 2. The molecule has 5 atom stereocenters. The molecule has 6 rings (SSSR count). The Morgan fingerprint density at radius 2 is 1.57 bits per heavy atom. The van der Waals surface area contributed by atoms with Crippen LogP contribution in [-0.2, 0) is 24.6 Å². The number of benzene rings is 3. The Labute approximate surface area is 266 Å². The highest BCUT2D eigenvalue weighted by atomic mass is 16.6. The fourth-order valence-corrected chi connectivity index (χ4v) is 6.68. The number of nitrogens with zero attached hydrogens (tertiary/aromatic N) is 2. The highest BCUT2D eigenvalue weighted by molar-refractivity contribution is 5.85. The molecule has 2 fully saturated rings. The minimum atomic E-state index is -1.55. The number of carbonyl (C=O) groups excluding carboxylic acids is 1. The predicted molar refractivity (Wildman–Crippen MR) is 168 cm³/mol. The minimum absolute atomic E-state index is 0.0352. The number of fused-ring (bicyclic) bond motifs is 1. The first-order chi connectivity index (χ1) is 22.3. The molecule has 10 nitrogen and oxygen atoms in total. The molecule has 10 heteroatoms. The van der Waals surface area contributed by atoms with Gasteiger partial charge in [-0.15, -0.1) is 0 Å². The summed E-state index contributed by atoms with van der Waals surface area (Å²) in [5.74, 6) is -1.22. The zero-order valence-corrected chi connectivity index (χ0v) is 25.8. The van der Waals surface area contributed by atoms with Crippen LogP contribution >= 0.6 is 0 Å². The first-order valence-corrected chi connectivity index (χ1v) is 15.2. The molecule has 1 saturated carbocycles. The summed E-state index contributed by atoms with van der Waals surface area (Å²) >= 11 is 0. The highest BCUT2D eigenvalue weighted by Gasteiger charge is 2.81. The minimum Gasteiger partial charge on any atom is -0.497 e. The molecule has 1 aliphatic heterocycles. The molecule has 1 aromatic heterocycles. The Bertz CT molecular complexity index is 1810. The molecular weight excluding hydrogens is 586 g/mol. The summed E-state index contributed by atoms with van der Waals surface area (Å²) in [6.45, 7) is 3.94. The number of hydrogen-bond acceptors (Lipinski definition) is 8. The Balaban J connectivity index is 1.43. The van der Waals surface area contributed by atoms with Gasteiger partial charge in [-0.25, -0.2) is 4.79 Å². The van der Waals surface area contributed by atoms with Crippen molar-refractivity contribution < 1.29 is 23.7 Å². The predicted octanol–water partition coefficient (Wildman–Crippen LogP) is 4.41. The van der Waals surface area contributed by atoms with E-state index in [1.165, 1.54) is 16.8 Å². The third-order valence-electron chi connectivity index (χ3n) is 8.87. The van der Waals surface area contributed by atoms with Crippen LogP contribution < -0.4 is 16.0 Å². The van der Waals surface area contributed by atoms with Crippen LogP contribution in [0.2, 0.25) is 0 Å². The normalized spacial score (nSPS) is 23.4. The summed E-state index contributed by atoms with van der Waals surface area (Å²) in [5, 5.41) is 10.5. The van der Waals surface area contributed by atoms with E-state index in [2.05, 4.69) is 11.1 Å². The van der Waals surface area contributed by atoms with Gasteiger partial charge in [0.15, 0.2) is 5.41 Å². The summed E-state index contributed by atoms with van der Waals surface area (Å²) in [4.78, 5) is 40.6. The molecule has 4 aromatic rings. The van der Waals surface area contributed by atoms with Crippen molar-refractivity contribution in [2.45, 2.75) is 31.8 Å². The summed E-state index contributed by atoms with van der Waals surface area (Å²) in [5.41, 5.74) is -1.40. The third kappa shape index (κ3) is 5.21. The van der Waals surface area contributed by atoms with Crippen molar-refractivity contribution in [2.75, 3.05) is 20.3 Å². The summed E-state index contributed by atoms with van der Waals surface area (Å²) < 4.78 is 25.7. The van der Waals surface area contributed by atoms with E-state index < -0.39 is 52.4 Å². The lowest BCUT2D eigenvalue weighted by atomic mass is 9.80. The Kier molecular flexibility index (Phi) is 8.38. The smallest absolute Gasteiger partial charge is 0.330 e. The molecule has 0 radical (unpaired) electrons.